The minimum atomic E-state index is -0.925. The summed E-state index contributed by atoms with van der Waals surface area (Å²) >= 11 is 0. The number of carboxylic acid groups (broad SMARTS) is 1. The lowest BCUT2D eigenvalue weighted by Gasteiger charge is -2.31. The van der Waals surface area contributed by atoms with Gasteiger partial charge in [-0.05, 0) is 25.1 Å². The van der Waals surface area contributed by atoms with Crippen molar-refractivity contribution in [3.05, 3.63) is 41.0 Å². The SMILES string of the molecule is CCN(Cc1ccccc1C(=O)O)C[C@@]1(C)Cc2c(N)nc(N)nc2O1. The predicted octanol–water partition coefficient (Wildman–Crippen LogP) is 1.55. The van der Waals surface area contributed by atoms with Gasteiger partial charge in [0.15, 0.2) is 0 Å². The van der Waals surface area contributed by atoms with E-state index < -0.39 is 11.6 Å². The molecule has 1 aromatic heterocycles. The van der Waals surface area contributed by atoms with Gasteiger partial charge in [-0.3, -0.25) is 4.90 Å². The highest BCUT2D eigenvalue weighted by molar-refractivity contribution is 5.89. The molecule has 0 aliphatic carbocycles. The van der Waals surface area contributed by atoms with E-state index in [1.807, 2.05) is 26.0 Å². The quantitative estimate of drug-likeness (QED) is 0.710. The molecule has 2 heterocycles. The molecule has 0 bridgehead atoms. The summed E-state index contributed by atoms with van der Waals surface area (Å²) in [4.78, 5) is 21.7. The molecule has 1 atom stereocenters. The Morgan fingerprint density at radius 1 is 1.35 bits per heavy atom. The van der Waals surface area contributed by atoms with Crippen LogP contribution >= 0.6 is 0 Å². The van der Waals surface area contributed by atoms with Crippen LogP contribution in [0.4, 0.5) is 11.8 Å². The Labute approximate surface area is 151 Å². The van der Waals surface area contributed by atoms with Crippen LogP contribution in [0.25, 0.3) is 0 Å². The standard InChI is InChI=1S/C18H23N5O3/c1-3-23(9-11-6-4-5-7-12(11)16(24)25)10-18(2)8-13-14(19)21-17(20)22-15(13)26-18/h4-7H,3,8-10H2,1-2H3,(H,24,25)(H4,19,20,21,22)/t18-/m1/s1. The van der Waals surface area contributed by atoms with Gasteiger partial charge in [-0.25, -0.2) is 4.79 Å². The van der Waals surface area contributed by atoms with Crippen LogP contribution in [0.3, 0.4) is 0 Å². The van der Waals surface area contributed by atoms with E-state index >= 15 is 0 Å². The monoisotopic (exact) mass is 357 g/mol. The maximum Gasteiger partial charge on any atom is 0.336 e. The molecule has 8 nitrogen and oxygen atoms in total. The number of carboxylic acids is 1. The Balaban J connectivity index is 1.77. The van der Waals surface area contributed by atoms with Gasteiger partial charge >= 0.3 is 5.97 Å². The number of nitrogen functional groups attached to an aromatic ring is 2. The maximum atomic E-state index is 11.4. The highest BCUT2D eigenvalue weighted by Gasteiger charge is 2.39. The van der Waals surface area contributed by atoms with Crippen molar-refractivity contribution in [3.8, 4) is 5.88 Å². The Morgan fingerprint density at radius 3 is 2.77 bits per heavy atom. The van der Waals surface area contributed by atoms with Crippen LogP contribution in [0.15, 0.2) is 24.3 Å². The second-order valence-electron chi connectivity index (χ2n) is 6.75. The number of aromatic nitrogens is 2. The van der Waals surface area contributed by atoms with Crippen LogP contribution in [0, 0.1) is 0 Å². The lowest BCUT2D eigenvalue weighted by atomic mass is 9.98. The summed E-state index contributed by atoms with van der Waals surface area (Å²) in [5.41, 5.74) is 12.9. The van der Waals surface area contributed by atoms with Crippen LogP contribution < -0.4 is 16.2 Å². The molecular formula is C18H23N5O3. The summed E-state index contributed by atoms with van der Waals surface area (Å²) in [5.74, 6) is -0.0610. The van der Waals surface area contributed by atoms with Gasteiger partial charge in [0, 0.05) is 19.5 Å². The third-order valence-corrected chi connectivity index (χ3v) is 4.56. The van der Waals surface area contributed by atoms with Crippen molar-refractivity contribution in [2.75, 3.05) is 24.6 Å². The average Bonchev–Trinajstić information content (AvgIpc) is 2.91. The van der Waals surface area contributed by atoms with Gasteiger partial charge in [-0.2, -0.15) is 9.97 Å². The lowest BCUT2D eigenvalue weighted by molar-refractivity contribution is 0.0586. The van der Waals surface area contributed by atoms with E-state index in [9.17, 15) is 9.90 Å². The minimum Gasteiger partial charge on any atom is -0.478 e. The number of anilines is 2. The Bertz CT molecular complexity index is 842. The highest BCUT2D eigenvalue weighted by Crippen LogP contribution is 2.37. The van der Waals surface area contributed by atoms with Crippen molar-refractivity contribution in [1.82, 2.24) is 14.9 Å². The van der Waals surface area contributed by atoms with Crippen molar-refractivity contribution >= 4 is 17.7 Å². The smallest absolute Gasteiger partial charge is 0.336 e. The summed E-state index contributed by atoms with van der Waals surface area (Å²) < 4.78 is 6.03. The van der Waals surface area contributed by atoms with Gasteiger partial charge < -0.3 is 21.3 Å². The number of fused-ring (bicyclic) bond motifs is 1. The van der Waals surface area contributed by atoms with Crippen LogP contribution in [-0.4, -0.2) is 44.6 Å². The van der Waals surface area contributed by atoms with Crippen LogP contribution in [-0.2, 0) is 13.0 Å². The molecule has 26 heavy (non-hydrogen) atoms. The molecule has 0 saturated carbocycles. The molecule has 138 valence electrons. The van der Waals surface area contributed by atoms with Gasteiger partial charge in [-0.15, -0.1) is 0 Å². The molecule has 2 aromatic rings. The second-order valence-corrected chi connectivity index (χ2v) is 6.75. The van der Waals surface area contributed by atoms with E-state index in [1.54, 1.807) is 12.1 Å². The molecule has 0 unspecified atom stereocenters. The number of hydrogen-bond donors (Lipinski definition) is 3. The van der Waals surface area contributed by atoms with E-state index in [0.29, 0.717) is 36.8 Å². The molecule has 1 aromatic carbocycles. The van der Waals surface area contributed by atoms with E-state index in [4.69, 9.17) is 16.2 Å². The molecule has 3 rings (SSSR count). The van der Waals surface area contributed by atoms with E-state index in [-0.39, 0.29) is 5.95 Å². The van der Waals surface area contributed by atoms with Crippen molar-refractivity contribution in [2.24, 2.45) is 0 Å². The van der Waals surface area contributed by atoms with Crippen molar-refractivity contribution < 1.29 is 14.6 Å². The zero-order valence-corrected chi connectivity index (χ0v) is 14.9. The van der Waals surface area contributed by atoms with Crippen LogP contribution in [0.1, 0.15) is 35.3 Å². The fourth-order valence-corrected chi connectivity index (χ4v) is 3.34. The number of hydrogen-bond acceptors (Lipinski definition) is 7. The molecule has 0 amide bonds. The van der Waals surface area contributed by atoms with Crippen LogP contribution in [0.5, 0.6) is 5.88 Å². The van der Waals surface area contributed by atoms with Crippen molar-refractivity contribution in [1.29, 1.82) is 0 Å². The Kier molecular flexibility index (Phi) is 4.69. The molecule has 0 spiro atoms. The predicted molar refractivity (Wildman–Crippen MR) is 97.9 cm³/mol. The normalized spacial score (nSPS) is 18.6. The molecule has 1 aliphatic heterocycles. The van der Waals surface area contributed by atoms with Crippen LogP contribution in [0.2, 0.25) is 0 Å². The number of aromatic carboxylic acids is 1. The van der Waals surface area contributed by atoms with E-state index in [0.717, 1.165) is 17.7 Å². The fourth-order valence-electron chi connectivity index (χ4n) is 3.34. The zero-order valence-electron chi connectivity index (χ0n) is 14.9. The van der Waals surface area contributed by atoms with Gasteiger partial charge in [0.25, 0.3) is 0 Å². The summed E-state index contributed by atoms with van der Waals surface area (Å²) in [7, 11) is 0. The number of nitrogens with two attached hydrogens (primary N) is 2. The number of benzene rings is 1. The third kappa shape index (κ3) is 3.55. The maximum absolute atomic E-state index is 11.4. The number of rotatable bonds is 6. The number of likely N-dealkylation sites (N-methyl/N-ethyl adjacent to an activating group) is 1. The number of nitrogens with zero attached hydrogens (tertiary/aromatic N) is 3. The first-order chi connectivity index (χ1) is 12.3. The molecular weight excluding hydrogens is 334 g/mol. The van der Waals surface area contributed by atoms with Gasteiger partial charge in [-0.1, -0.05) is 25.1 Å². The second kappa shape index (κ2) is 6.80. The van der Waals surface area contributed by atoms with Gasteiger partial charge in [0.05, 0.1) is 11.1 Å². The molecule has 8 heteroatoms. The molecule has 0 saturated heterocycles. The summed E-state index contributed by atoms with van der Waals surface area (Å²) in [6.45, 7) is 5.86. The topological polar surface area (TPSA) is 128 Å². The third-order valence-electron chi connectivity index (χ3n) is 4.56. The fraction of sp³-hybridized carbons (Fsp3) is 0.389. The zero-order chi connectivity index (χ0) is 18.9. The summed E-state index contributed by atoms with van der Waals surface area (Å²) in [6, 6.07) is 7.03. The summed E-state index contributed by atoms with van der Waals surface area (Å²) in [6.07, 6.45) is 0.575. The Morgan fingerprint density at radius 2 is 2.08 bits per heavy atom. The van der Waals surface area contributed by atoms with Gasteiger partial charge in [0.1, 0.15) is 11.4 Å². The summed E-state index contributed by atoms with van der Waals surface area (Å²) in [5, 5.41) is 9.38. The lowest BCUT2D eigenvalue weighted by Crippen LogP contribution is -2.44. The molecule has 1 aliphatic rings. The minimum absolute atomic E-state index is 0.0910. The van der Waals surface area contributed by atoms with Gasteiger partial charge in [0.2, 0.25) is 11.8 Å². The molecule has 0 radical (unpaired) electrons. The van der Waals surface area contributed by atoms with Crippen molar-refractivity contribution in [3.63, 3.8) is 0 Å². The first-order valence-corrected chi connectivity index (χ1v) is 8.46. The Hall–Kier alpha value is -2.87. The number of carbonyl (C=O) groups is 1. The molecule has 0 fully saturated rings. The highest BCUT2D eigenvalue weighted by atomic mass is 16.5. The van der Waals surface area contributed by atoms with E-state index in [1.165, 1.54) is 0 Å². The molecule has 5 N–H and O–H groups in total. The van der Waals surface area contributed by atoms with Crippen molar-refractivity contribution in [2.45, 2.75) is 32.4 Å². The average molecular weight is 357 g/mol. The number of ether oxygens (including phenoxy) is 1. The first-order valence-electron chi connectivity index (χ1n) is 8.46. The first kappa shape index (κ1) is 17.9. The van der Waals surface area contributed by atoms with E-state index in [2.05, 4.69) is 14.9 Å². The largest absolute Gasteiger partial charge is 0.478 e.